The Morgan fingerprint density at radius 1 is 0.534 bits per heavy atom. The van der Waals surface area contributed by atoms with Crippen molar-refractivity contribution in [1.82, 2.24) is 53.7 Å². The molecule has 0 atom stereocenters. The maximum absolute atomic E-state index is 13.8. The zero-order valence-corrected chi connectivity index (χ0v) is 36.7. The quantitative estimate of drug-likeness (QED) is 0.0622. The smallest absolute Gasteiger partial charge is 0.257 e. The summed E-state index contributed by atoms with van der Waals surface area (Å²) in [6.07, 6.45) is 14.0. The maximum Gasteiger partial charge on any atom is 0.257 e. The summed E-state index contributed by atoms with van der Waals surface area (Å²) in [5.74, 6) is 0.205. The molecule has 0 aromatic rings. The number of nitrogens with one attached hydrogen (secondary N) is 8. The van der Waals surface area contributed by atoms with Crippen LogP contribution in [0.25, 0.3) is 0 Å². The molecule has 18 heteroatoms. The molecule has 0 radical (unpaired) electrons. The predicted molar refractivity (Wildman–Crippen MR) is 216 cm³/mol. The molecule has 0 unspecified atom stereocenters. The van der Waals surface area contributed by atoms with Gasteiger partial charge in [-0.3, -0.25) is 19.3 Å². The third-order valence-corrected chi connectivity index (χ3v) is 12.7. The number of hydrogen-bond acceptors (Lipinski definition) is 16. The molecule has 2 aliphatic carbocycles. The van der Waals surface area contributed by atoms with E-state index in [-0.39, 0.29) is 47.2 Å². The molecule has 334 valence electrons. The van der Waals surface area contributed by atoms with Crippen molar-refractivity contribution in [3.8, 4) is 0 Å². The first kappa shape index (κ1) is 45.9. The van der Waals surface area contributed by atoms with Crippen molar-refractivity contribution in [2.24, 2.45) is 0 Å². The molecular weight excluding hydrogens is 749 g/mol. The van der Waals surface area contributed by atoms with Crippen LogP contribution in [0.3, 0.4) is 0 Å². The highest BCUT2D eigenvalue weighted by Crippen LogP contribution is 2.54. The highest BCUT2D eigenvalue weighted by atomic mass is 16.9. The van der Waals surface area contributed by atoms with Crippen LogP contribution in [0.5, 0.6) is 0 Å². The highest BCUT2D eigenvalue weighted by molar-refractivity contribution is 5.89. The number of piperidine rings is 2. The highest BCUT2D eigenvalue weighted by Gasteiger charge is 2.66. The molecule has 4 heterocycles. The summed E-state index contributed by atoms with van der Waals surface area (Å²) >= 11 is 0. The minimum absolute atomic E-state index is 0.103. The second kappa shape index (κ2) is 18.4. The molecule has 2 amide bonds. The van der Waals surface area contributed by atoms with Crippen molar-refractivity contribution in [2.45, 2.75) is 203 Å². The summed E-state index contributed by atoms with van der Waals surface area (Å²) in [6.45, 7) is 20.2. The van der Waals surface area contributed by atoms with E-state index in [4.69, 9.17) is 29.0 Å². The number of ether oxygens (including phenoxy) is 2. The minimum atomic E-state index is -0.696. The van der Waals surface area contributed by atoms with Gasteiger partial charge in [-0.2, -0.15) is 20.8 Å². The van der Waals surface area contributed by atoms with E-state index in [0.717, 1.165) is 103 Å². The molecule has 4 spiro atoms. The number of carbonyl (C=O) groups is 2. The van der Waals surface area contributed by atoms with E-state index in [1.807, 2.05) is 9.80 Å². The molecule has 8 N–H and O–H groups in total. The lowest BCUT2D eigenvalue weighted by molar-refractivity contribution is -0.190. The van der Waals surface area contributed by atoms with Crippen LogP contribution in [-0.4, -0.2) is 106 Å². The average molecular weight is 825 g/mol. The van der Waals surface area contributed by atoms with E-state index in [2.05, 4.69) is 99.3 Å². The first-order chi connectivity index (χ1) is 27.4. The Balaban J connectivity index is 0.761. The van der Waals surface area contributed by atoms with Gasteiger partial charge in [0.05, 0.1) is 13.2 Å². The Hall–Kier alpha value is -1.62. The van der Waals surface area contributed by atoms with Crippen molar-refractivity contribution < 1.29 is 38.6 Å². The molecule has 58 heavy (non-hydrogen) atoms. The van der Waals surface area contributed by atoms with Crippen molar-refractivity contribution in [3.05, 3.63) is 0 Å². The van der Waals surface area contributed by atoms with Crippen LogP contribution in [0.15, 0.2) is 0 Å². The van der Waals surface area contributed by atoms with Gasteiger partial charge < -0.3 is 29.9 Å². The summed E-state index contributed by atoms with van der Waals surface area (Å²) in [5, 5.41) is 7.45. The van der Waals surface area contributed by atoms with E-state index < -0.39 is 22.7 Å². The van der Waals surface area contributed by atoms with Crippen LogP contribution in [0.4, 0.5) is 0 Å². The summed E-state index contributed by atoms with van der Waals surface area (Å²) < 4.78 is 13.7. The molecule has 6 fully saturated rings. The van der Waals surface area contributed by atoms with Gasteiger partial charge >= 0.3 is 0 Å². The van der Waals surface area contributed by atoms with Crippen LogP contribution >= 0.6 is 0 Å². The fourth-order valence-electron chi connectivity index (χ4n) is 11.7. The van der Waals surface area contributed by atoms with Crippen molar-refractivity contribution in [3.63, 3.8) is 0 Å². The molecule has 0 bridgehead atoms. The fourth-order valence-corrected chi connectivity index (χ4v) is 11.7. The number of hydrazine groups is 2. The summed E-state index contributed by atoms with van der Waals surface area (Å²) in [6, 6.07) is 0. The third-order valence-electron chi connectivity index (χ3n) is 12.7. The van der Waals surface area contributed by atoms with Crippen LogP contribution in [0.2, 0.25) is 0 Å². The molecule has 6 aliphatic rings. The number of nitrogens with zero attached hydrogens (tertiary/aromatic N) is 2. The molecule has 0 aromatic heterocycles. The predicted octanol–water partition coefficient (Wildman–Crippen LogP) is 3.09. The number of hydroxylamine groups is 2. The van der Waals surface area contributed by atoms with Gasteiger partial charge in [-0.15, -0.1) is 11.2 Å². The van der Waals surface area contributed by atoms with E-state index in [0.29, 0.717) is 26.2 Å². The van der Waals surface area contributed by atoms with E-state index in [1.165, 1.54) is 0 Å². The van der Waals surface area contributed by atoms with Gasteiger partial charge in [0.1, 0.15) is 22.7 Å². The van der Waals surface area contributed by atoms with Gasteiger partial charge in [-0.05, 0) is 120 Å². The van der Waals surface area contributed by atoms with Gasteiger partial charge in [-0.25, -0.2) is 0 Å². The molecule has 0 aromatic carbocycles. The van der Waals surface area contributed by atoms with E-state index >= 15 is 0 Å². The zero-order chi connectivity index (χ0) is 41.8. The molecule has 4 aliphatic heterocycles. The van der Waals surface area contributed by atoms with Crippen LogP contribution < -0.4 is 44.0 Å². The average Bonchev–Trinajstić information content (AvgIpc) is 3.85. The lowest BCUT2D eigenvalue weighted by atomic mass is 9.76. The van der Waals surface area contributed by atoms with Gasteiger partial charge in [0, 0.05) is 74.0 Å². The van der Waals surface area contributed by atoms with Crippen molar-refractivity contribution >= 4 is 11.8 Å². The number of carbonyl (C=O) groups excluding carboxylic acids is 2. The zero-order valence-electron chi connectivity index (χ0n) is 36.7. The fraction of sp³-hybridized carbons (Fsp3) is 0.950. The lowest BCUT2D eigenvalue weighted by Gasteiger charge is -2.53. The Kier molecular flexibility index (Phi) is 14.5. The number of unbranched alkanes of at least 4 members (excludes halogenated alkanes) is 3. The van der Waals surface area contributed by atoms with Gasteiger partial charge in [0.15, 0.2) is 0 Å². The first-order valence-corrected chi connectivity index (χ1v) is 22.0. The normalized spacial score (nSPS) is 27.0. The van der Waals surface area contributed by atoms with Crippen LogP contribution in [0, 0.1) is 0 Å². The minimum Gasteiger partial charge on any atom is -0.339 e. The summed E-state index contributed by atoms with van der Waals surface area (Å²) in [5.41, 5.74) is 12.6. The number of rotatable bonds is 21. The maximum atomic E-state index is 13.8. The van der Waals surface area contributed by atoms with Gasteiger partial charge in [0.25, 0.3) is 11.8 Å². The molecule has 6 rings (SSSR count). The monoisotopic (exact) mass is 825 g/mol. The van der Waals surface area contributed by atoms with Crippen molar-refractivity contribution in [1.29, 1.82) is 0 Å². The molecule has 18 nitrogen and oxygen atoms in total. The Bertz CT molecular complexity index is 1250. The second-order valence-electron chi connectivity index (χ2n) is 20.4. The Morgan fingerprint density at radius 3 is 1.22 bits per heavy atom. The number of amides is 2. The summed E-state index contributed by atoms with van der Waals surface area (Å²) in [7, 11) is 0. The second-order valence-corrected chi connectivity index (χ2v) is 20.4. The van der Waals surface area contributed by atoms with Crippen molar-refractivity contribution in [2.75, 3.05) is 39.4 Å². The largest absolute Gasteiger partial charge is 0.339 e. The topological polar surface area (TPSA) is 192 Å². The standard InChI is InChI=1S/C40H76N10O8/c1-33(2)27-39(28-34(3,4)43-33)49(31(51)37(55-39)17-11-12-18-37)23-25-53-45-47-57-41-21-15-9-10-16-22-42-58-48-46-54-26-24-50-32(52)38(19-13-14-20-38)56-40(50)29-35(5,6)44-36(7,8)30-40/h41-48H,9-30H2,1-8H3. The molecular formula is C40H76N10O8. The van der Waals surface area contributed by atoms with Gasteiger partial charge in [-0.1, -0.05) is 24.0 Å². The summed E-state index contributed by atoms with van der Waals surface area (Å²) in [4.78, 5) is 53.1. The van der Waals surface area contributed by atoms with E-state index in [9.17, 15) is 9.59 Å². The SMILES string of the molecule is CC1(C)CC2(CC(C)(C)N1)OC1(CCCC1)C(=O)N2CCONNONCCCCCCNONNOCCN1C(=O)C2(CCCC2)OC12CC(C)(C)NC(C)(C)C2. The molecule has 4 saturated heterocycles. The van der Waals surface area contributed by atoms with Crippen LogP contribution in [-0.2, 0) is 38.6 Å². The molecule has 2 saturated carbocycles. The third kappa shape index (κ3) is 10.9. The number of hydrogen-bond donors (Lipinski definition) is 8. The first-order valence-electron chi connectivity index (χ1n) is 22.0. The van der Waals surface area contributed by atoms with Crippen LogP contribution in [0.1, 0.15) is 158 Å². The van der Waals surface area contributed by atoms with Gasteiger partial charge in [0.2, 0.25) is 0 Å². The Morgan fingerprint density at radius 2 is 0.879 bits per heavy atom. The lowest BCUT2D eigenvalue weighted by Crippen LogP contribution is -2.67. The van der Waals surface area contributed by atoms with E-state index in [1.54, 1.807) is 0 Å². The Labute approximate surface area is 346 Å².